The zero-order valence-corrected chi connectivity index (χ0v) is 32.0. The Hall–Kier alpha value is -6.67. The highest BCUT2D eigenvalue weighted by Crippen LogP contribution is 2.50. The minimum Gasteiger partial charge on any atom is -0.489 e. The van der Waals surface area contributed by atoms with E-state index >= 15 is 0 Å². The molecule has 2 aliphatic rings. The smallest absolute Gasteiger partial charge is 0.305 e. The number of fused-ring (bicyclic) bond motifs is 2. The second-order valence-corrected chi connectivity index (χ2v) is 14.5. The summed E-state index contributed by atoms with van der Waals surface area (Å²) in [5.41, 5.74) is 2.93. The summed E-state index contributed by atoms with van der Waals surface area (Å²) >= 11 is 0. The van der Waals surface area contributed by atoms with Crippen molar-refractivity contribution in [1.29, 1.82) is 0 Å². The Balaban J connectivity index is 1.19. The Kier molecular flexibility index (Phi) is 10.7. The zero-order chi connectivity index (χ0) is 41.2. The fourth-order valence-corrected chi connectivity index (χ4v) is 7.36. The molecule has 1 fully saturated rings. The van der Waals surface area contributed by atoms with Crippen LogP contribution in [0.25, 0.3) is 22.3 Å². The van der Waals surface area contributed by atoms with Gasteiger partial charge in [0.25, 0.3) is 0 Å². The SMILES string of the molecule is O=c1c(O[C@@H]2OC(CO)[C@@H](O)C(O)C2O)c(-c2ccc3c(c2)OC(c2ccccc2)(c2ccccc2)O3)oc2cc(OCc3ccccc3)cc(OCc3ccccc3)c12. The second-order valence-electron chi connectivity index (χ2n) is 14.5. The summed E-state index contributed by atoms with van der Waals surface area (Å²) in [7, 11) is 0. The van der Waals surface area contributed by atoms with Crippen molar-refractivity contribution in [2.75, 3.05) is 6.61 Å². The molecule has 304 valence electrons. The predicted molar refractivity (Wildman–Crippen MR) is 219 cm³/mol. The van der Waals surface area contributed by atoms with Crippen LogP contribution in [0.1, 0.15) is 22.3 Å². The number of aliphatic hydroxyl groups excluding tert-OH is 4. The summed E-state index contributed by atoms with van der Waals surface area (Å²) in [6.45, 7) is -0.401. The van der Waals surface area contributed by atoms with Crippen molar-refractivity contribution in [2.45, 2.75) is 49.7 Å². The number of rotatable bonds is 12. The lowest BCUT2D eigenvalue weighted by molar-refractivity contribution is -0.277. The molecule has 2 aliphatic heterocycles. The molecule has 12 heteroatoms. The molecule has 5 atom stereocenters. The molecule has 1 aromatic heterocycles. The van der Waals surface area contributed by atoms with Crippen LogP contribution in [0.15, 0.2) is 161 Å². The second kappa shape index (κ2) is 16.5. The van der Waals surface area contributed by atoms with Gasteiger partial charge in [0.05, 0.1) is 6.61 Å². The third-order valence-electron chi connectivity index (χ3n) is 10.5. The zero-order valence-electron chi connectivity index (χ0n) is 32.0. The summed E-state index contributed by atoms with van der Waals surface area (Å²) in [5.74, 6) is -0.633. The molecule has 0 aliphatic carbocycles. The van der Waals surface area contributed by atoms with E-state index in [0.29, 0.717) is 22.8 Å². The van der Waals surface area contributed by atoms with Crippen molar-refractivity contribution < 1.29 is 53.3 Å². The van der Waals surface area contributed by atoms with E-state index in [1.165, 1.54) is 0 Å². The molecule has 0 bridgehead atoms. The summed E-state index contributed by atoms with van der Waals surface area (Å²) in [6.07, 6.45) is -8.30. The van der Waals surface area contributed by atoms with Crippen molar-refractivity contribution >= 4 is 11.0 Å². The van der Waals surface area contributed by atoms with Crippen LogP contribution < -0.4 is 29.1 Å². The Morgan fingerprint density at radius 3 is 1.82 bits per heavy atom. The van der Waals surface area contributed by atoms with Gasteiger partial charge >= 0.3 is 5.79 Å². The lowest BCUT2D eigenvalue weighted by atomic mass is 9.97. The van der Waals surface area contributed by atoms with Crippen LogP contribution in [-0.2, 0) is 23.7 Å². The van der Waals surface area contributed by atoms with E-state index in [0.717, 1.165) is 22.3 Å². The third-order valence-corrected chi connectivity index (χ3v) is 10.5. The molecule has 6 aromatic carbocycles. The van der Waals surface area contributed by atoms with Crippen LogP contribution in [0.5, 0.6) is 28.7 Å². The molecule has 3 unspecified atom stereocenters. The van der Waals surface area contributed by atoms with Crippen LogP contribution >= 0.6 is 0 Å². The number of ether oxygens (including phenoxy) is 6. The van der Waals surface area contributed by atoms with Gasteiger partial charge in [-0.1, -0.05) is 121 Å². The predicted octanol–water partition coefficient (Wildman–Crippen LogP) is 6.47. The van der Waals surface area contributed by atoms with Crippen LogP contribution in [0, 0.1) is 0 Å². The first-order chi connectivity index (χ1) is 29.3. The fraction of sp³-hybridized carbons (Fsp3) is 0.188. The Morgan fingerprint density at radius 1 is 0.617 bits per heavy atom. The standard InChI is InChI=1S/C48H40O12/c49-26-39-41(50)43(52)44(53)47(57-39)58-46-42(51)40-37(55-28-30-15-7-2-8-16-30)24-34(54-27-29-13-5-1-6-14-29)25-38(40)56-45(46)31-21-22-35-36(23-31)60-48(59-35,32-17-9-3-10-18-32)33-19-11-4-12-20-33/h1-25,39,41,43-44,47,49-50,52-53H,26-28H2/t39?,41-,43?,44?,47+/m1/s1. The minimum atomic E-state index is -1.83. The molecule has 0 saturated carbocycles. The maximum absolute atomic E-state index is 15.0. The topological polar surface area (TPSA) is 167 Å². The first kappa shape index (κ1) is 38.8. The molecule has 4 N–H and O–H groups in total. The molecule has 0 amide bonds. The lowest BCUT2D eigenvalue weighted by Gasteiger charge is -2.39. The highest BCUT2D eigenvalue weighted by molar-refractivity contribution is 5.89. The van der Waals surface area contributed by atoms with Gasteiger partial charge in [0.1, 0.15) is 60.1 Å². The molecule has 3 heterocycles. The van der Waals surface area contributed by atoms with Gasteiger partial charge in [0.2, 0.25) is 17.5 Å². The monoisotopic (exact) mass is 808 g/mol. The highest BCUT2D eigenvalue weighted by atomic mass is 16.7. The maximum atomic E-state index is 15.0. The average Bonchev–Trinajstić information content (AvgIpc) is 3.70. The molecule has 1 saturated heterocycles. The Labute approximate surface area is 343 Å². The van der Waals surface area contributed by atoms with Gasteiger partial charge in [0.15, 0.2) is 17.3 Å². The van der Waals surface area contributed by atoms with E-state index in [2.05, 4.69) is 0 Å². The van der Waals surface area contributed by atoms with Crippen molar-refractivity contribution in [3.8, 4) is 40.1 Å². The first-order valence-electron chi connectivity index (χ1n) is 19.4. The molecule has 60 heavy (non-hydrogen) atoms. The van der Waals surface area contributed by atoms with E-state index in [-0.39, 0.29) is 35.7 Å². The van der Waals surface area contributed by atoms with Gasteiger partial charge in [-0.05, 0) is 29.3 Å². The van der Waals surface area contributed by atoms with Gasteiger partial charge in [0, 0.05) is 28.8 Å². The van der Waals surface area contributed by atoms with E-state index in [9.17, 15) is 25.2 Å². The van der Waals surface area contributed by atoms with E-state index < -0.39 is 54.3 Å². The van der Waals surface area contributed by atoms with Crippen molar-refractivity contribution in [3.05, 3.63) is 184 Å². The van der Waals surface area contributed by atoms with Gasteiger partial charge in [-0.15, -0.1) is 0 Å². The van der Waals surface area contributed by atoms with Crippen LogP contribution in [0.4, 0.5) is 0 Å². The number of aliphatic hydroxyl groups is 4. The molecule has 9 rings (SSSR count). The van der Waals surface area contributed by atoms with Gasteiger partial charge in [-0.2, -0.15) is 0 Å². The molecule has 0 radical (unpaired) electrons. The summed E-state index contributed by atoms with van der Waals surface area (Å²) in [5, 5.41) is 42.2. The Morgan fingerprint density at radius 2 is 1.20 bits per heavy atom. The van der Waals surface area contributed by atoms with Crippen LogP contribution in [0.2, 0.25) is 0 Å². The van der Waals surface area contributed by atoms with Gasteiger partial charge < -0.3 is 53.3 Å². The van der Waals surface area contributed by atoms with Crippen molar-refractivity contribution in [3.63, 3.8) is 0 Å². The minimum absolute atomic E-state index is 0.00533. The quantitative estimate of drug-likeness (QED) is 0.107. The molecule has 0 spiro atoms. The molecular formula is C48H40O12. The summed E-state index contributed by atoms with van der Waals surface area (Å²) in [6, 6.07) is 46.2. The van der Waals surface area contributed by atoms with Crippen LogP contribution in [0.3, 0.4) is 0 Å². The normalized spacial score (nSPS) is 20.4. The average molecular weight is 809 g/mol. The van der Waals surface area contributed by atoms with Gasteiger partial charge in [-0.25, -0.2) is 0 Å². The van der Waals surface area contributed by atoms with E-state index in [1.54, 1.807) is 30.3 Å². The summed E-state index contributed by atoms with van der Waals surface area (Å²) < 4.78 is 44.4. The highest BCUT2D eigenvalue weighted by Gasteiger charge is 2.47. The van der Waals surface area contributed by atoms with Crippen LogP contribution in [-0.4, -0.2) is 57.7 Å². The Bertz CT molecular complexity index is 2600. The first-order valence-corrected chi connectivity index (χ1v) is 19.4. The van der Waals surface area contributed by atoms with E-state index in [1.807, 2.05) is 121 Å². The number of hydrogen-bond acceptors (Lipinski definition) is 12. The van der Waals surface area contributed by atoms with Crippen molar-refractivity contribution in [1.82, 2.24) is 0 Å². The number of benzene rings is 6. The number of hydrogen-bond donors (Lipinski definition) is 4. The van der Waals surface area contributed by atoms with Crippen molar-refractivity contribution in [2.24, 2.45) is 0 Å². The molecule has 7 aromatic rings. The maximum Gasteiger partial charge on any atom is 0.305 e. The van der Waals surface area contributed by atoms with E-state index in [4.69, 9.17) is 32.8 Å². The largest absolute Gasteiger partial charge is 0.489 e. The molecular weight excluding hydrogens is 769 g/mol. The summed E-state index contributed by atoms with van der Waals surface area (Å²) in [4.78, 5) is 15.0. The van der Waals surface area contributed by atoms with Gasteiger partial charge in [-0.3, -0.25) is 4.79 Å². The fourth-order valence-electron chi connectivity index (χ4n) is 7.36. The lowest BCUT2D eigenvalue weighted by Crippen LogP contribution is -2.60. The third kappa shape index (κ3) is 7.43. The molecule has 12 nitrogen and oxygen atoms in total.